The van der Waals surface area contributed by atoms with E-state index in [0.717, 1.165) is 11.8 Å². The number of hydrogen-bond acceptors (Lipinski definition) is 3. The van der Waals surface area contributed by atoms with Crippen LogP contribution in [0.3, 0.4) is 0 Å². The molecule has 3 heteroatoms. The van der Waals surface area contributed by atoms with Gasteiger partial charge in [-0.25, -0.2) is 0 Å². The zero-order valence-corrected chi connectivity index (χ0v) is 6.58. The molecular weight excluding hydrogens is 134 g/mol. The molecule has 50 valence electrons. The highest BCUT2D eigenvalue weighted by Crippen LogP contribution is 2.23. The molecule has 0 aromatic heterocycles. The second-order valence-corrected chi connectivity index (χ2v) is 3.67. The minimum Gasteiger partial charge on any atom is -0.298 e. The maximum Gasteiger partial charge on any atom is 0.146 e. The molecule has 0 aromatic rings. The van der Waals surface area contributed by atoms with Crippen molar-refractivity contribution in [1.82, 2.24) is 0 Å². The maximum absolute atomic E-state index is 10.7. The molecule has 2 nitrogen and oxygen atoms in total. The number of thioether (sulfide) groups is 1. The fourth-order valence-electron chi connectivity index (χ4n) is 0.186. The van der Waals surface area contributed by atoms with Crippen molar-refractivity contribution in [2.24, 2.45) is 0 Å². The summed E-state index contributed by atoms with van der Waals surface area (Å²) in [4.78, 5) is 10.7. The molecule has 0 heterocycles. The average molecular weight is 143 g/mol. The Morgan fingerprint density at radius 2 is 2.11 bits per heavy atom. The number of thiocyanates is 1. The second-order valence-electron chi connectivity index (χ2n) is 2.26. The van der Waals surface area contributed by atoms with E-state index in [1.165, 1.54) is 6.92 Å². The van der Waals surface area contributed by atoms with Gasteiger partial charge < -0.3 is 0 Å². The van der Waals surface area contributed by atoms with Crippen LogP contribution in [0, 0.1) is 10.7 Å². The van der Waals surface area contributed by atoms with E-state index in [1.807, 2.05) is 5.40 Å². The molecule has 0 unspecified atom stereocenters. The van der Waals surface area contributed by atoms with Gasteiger partial charge >= 0.3 is 0 Å². The van der Waals surface area contributed by atoms with Crippen LogP contribution in [0.2, 0.25) is 0 Å². The normalized spacial score (nSPS) is 10.4. The zero-order valence-electron chi connectivity index (χ0n) is 5.76. The van der Waals surface area contributed by atoms with E-state index in [-0.39, 0.29) is 5.78 Å². The summed E-state index contributed by atoms with van der Waals surface area (Å²) in [6.07, 6.45) is 0. The molecule has 9 heavy (non-hydrogen) atoms. The van der Waals surface area contributed by atoms with Gasteiger partial charge in [-0.3, -0.25) is 4.79 Å². The van der Waals surface area contributed by atoms with Crippen LogP contribution in [0.4, 0.5) is 0 Å². The first-order chi connectivity index (χ1) is 4.00. The Morgan fingerprint density at radius 1 is 1.67 bits per heavy atom. The molecule has 0 N–H and O–H groups in total. The highest BCUT2D eigenvalue weighted by molar-refractivity contribution is 8.05. The minimum atomic E-state index is -0.533. The smallest absolute Gasteiger partial charge is 0.146 e. The first kappa shape index (κ1) is 8.51. The Morgan fingerprint density at radius 3 is 2.22 bits per heavy atom. The second kappa shape index (κ2) is 2.88. The van der Waals surface area contributed by atoms with Crippen molar-refractivity contribution in [3.05, 3.63) is 0 Å². The summed E-state index contributed by atoms with van der Waals surface area (Å²) in [5.74, 6) is 0.0362. The molecule has 0 rings (SSSR count). The SMILES string of the molecule is CC(=O)C(C)(C)SC#N. The zero-order chi connectivity index (χ0) is 7.49. The molecule has 0 amide bonds. The highest BCUT2D eigenvalue weighted by atomic mass is 32.2. The van der Waals surface area contributed by atoms with Gasteiger partial charge in [-0.2, -0.15) is 5.26 Å². The van der Waals surface area contributed by atoms with E-state index in [0.29, 0.717) is 0 Å². The lowest BCUT2D eigenvalue weighted by Gasteiger charge is -2.13. The summed E-state index contributed by atoms with van der Waals surface area (Å²) in [5.41, 5.74) is 0. The van der Waals surface area contributed by atoms with Gasteiger partial charge in [0.25, 0.3) is 0 Å². The van der Waals surface area contributed by atoms with Gasteiger partial charge in [-0.1, -0.05) is 0 Å². The van der Waals surface area contributed by atoms with Crippen molar-refractivity contribution >= 4 is 17.5 Å². The molecular formula is C6H9NOS. The number of ketones is 1. The van der Waals surface area contributed by atoms with Gasteiger partial charge in [0.2, 0.25) is 0 Å². The standard InChI is InChI=1S/C6H9NOS/c1-5(8)6(2,3)9-4-7/h1-3H3. The Kier molecular flexibility index (Phi) is 2.72. The monoisotopic (exact) mass is 143 g/mol. The molecule has 0 fully saturated rings. The lowest BCUT2D eigenvalue weighted by Crippen LogP contribution is -2.23. The molecule has 0 saturated carbocycles. The molecule has 0 radical (unpaired) electrons. The number of carbonyl (C=O) groups is 1. The molecule has 0 aliphatic carbocycles. The first-order valence-corrected chi connectivity index (χ1v) is 3.40. The van der Waals surface area contributed by atoms with Crippen molar-refractivity contribution in [1.29, 1.82) is 5.26 Å². The van der Waals surface area contributed by atoms with E-state index in [4.69, 9.17) is 5.26 Å². The summed E-state index contributed by atoms with van der Waals surface area (Å²) in [5, 5.41) is 10.1. The Labute approximate surface area is 59.2 Å². The van der Waals surface area contributed by atoms with E-state index in [1.54, 1.807) is 13.8 Å². The van der Waals surface area contributed by atoms with Crippen molar-refractivity contribution in [2.45, 2.75) is 25.5 Å². The fourth-order valence-corrected chi connectivity index (χ4v) is 0.558. The van der Waals surface area contributed by atoms with Gasteiger partial charge in [0.1, 0.15) is 11.2 Å². The van der Waals surface area contributed by atoms with Crippen molar-refractivity contribution < 1.29 is 4.79 Å². The predicted octanol–water partition coefficient (Wildman–Crippen LogP) is 1.57. The maximum atomic E-state index is 10.7. The van der Waals surface area contributed by atoms with Crippen molar-refractivity contribution in [2.75, 3.05) is 0 Å². The van der Waals surface area contributed by atoms with Gasteiger partial charge in [0.05, 0.1) is 4.75 Å². The van der Waals surface area contributed by atoms with E-state index < -0.39 is 4.75 Å². The number of rotatable bonds is 2. The lowest BCUT2D eigenvalue weighted by atomic mass is 10.1. The van der Waals surface area contributed by atoms with Crippen LogP contribution in [0.25, 0.3) is 0 Å². The Hall–Kier alpha value is -0.490. The molecule has 0 saturated heterocycles. The van der Waals surface area contributed by atoms with E-state index in [2.05, 4.69) is 0 Å². The first-order valence-electron chi connectivity index (χ1n) is 2.59. The van der Waals surface area contributed by atoms with Gasteiger partial charge in [-0.15, -0.1) is 0 Å². The summed E-state index contributed by atoms with van der Waals surface area (Å²) < 4.78 is -0.533. The van der Waals surface area contributed by atoms with Crippen LogP contribution in [0.5, 0.6) is 0 Å². The molecule has 0 aliphatic heterocycles. The third-order valence-electron chi connectivity index (χ3n) is 1.15. The summed E-state index contributed by atoms with van der Waals surface area (Å²) in [6, 6.07) is 0. The lowest BCUT2D eigenvalue weighted by molar-refractivity contribution is -0.118. The number of nitrogens with zero attached hydrogens (tertiary/aromatic N) is 1. The summed E-state index contributed by atoms with van der Waals surface area (Å²) >= 11 is 0.998. The van der Waals surface area contributed by atoms with Crippen LogP contribution in [0.1, 0.15) is 20.8 Å². The van der Waals surface area contributed by atoms with Crippen LogP contribution in [-0.2, 0) is 4.79 Å². The minimum absolute atomic E-state index is 0.0362. The molecule has 0 atom stereocenters. The Bertz CT molecular complexity index is 157. The molecule has 0 aromatic carbocycles. The van der Waals surface area contributed by atoms with Crippen LogP contribution < -0.4 is 0 Å². The summed E-state index contributed by atoms with van der Waals surface area (Å²) in [6.45, 7) is 4.97. The predicted molar refractivity (Wildman–Crippen MR) is 38.0 cm³/mol. The highest BCUT2D eigenvalue weighted by Gasteiger charge is 2.23. The van der Waals surface area contributed by atoms with Crippen molar-refractivity contribution in [3.8, 4) is 5.40 Å². The van der Waals surface area contributed by atoms with E-state index >= 15 is 0 Å². The average Bonchev–Trinajstić information content (AvgIpc) is 1.65. The number of Topliss-reactive ketones (excluding diaryl/α,β-unsaturated/α-hetero) is 1. The number of carbonyl (C=O) groups excluding carboxylic acids is 1. The number of hydrogen-bond donors (Lipinski definition) is 0. The fraction of sp³-hybridized carbons (Fsp3) is 0.667. The molecule has 0 bridgehead atoms. The third kappa shape index (κ3) is 2.52. The quantitative estimate of drug-likeness (QED) is 0.551. The largest absolute Gasteiger partial charge is 0.298 e. The topological polar surface area (TPSA) is 40.9 Å². The van der Waals surface area contributed by atoms with Crippen LogP contribution in [0.15, 0.2) is 0 Å². The Balaban J connectivity index is 4.06. The van der Waals surface area contributed by atoms with E-state index in [9.17, 15) is 4.79 Å². The van der Waals surface area contributed by atoms with Gasteiger partial charge in [-0.05, 0) is 32.5 Å². The van der Waals surface area contributed by atoms with Gasteiger partial charge in [0, 0.05) is 0 Å². The van der Waals surface area contributed by atoms with Crippen LogP contribution in [-0.4, -0.2) is 10.5 Å². The number of nitriles is 1. The molecule has 0 aliphatic rings. The third-order valence-corrected chi connectivity index (χ3v) is 2.04. The summed E-state index contributed by atoms with van der Waals surface area (Å²) in [7, 11) is 0. The molecule has 0 spiro atoms. The van der Waals surface area contributed by atoms with Crippen LogP contribution >= 0.6 is 11.8 Å². The van der Waals surface area contributed by atoms with Gasteiger partial charge in [0.15, 0.2) is 0 Å². The van der Waals surface area contributed by atoms with Crippen molar-refractivity contribution in [3.63, 3.8) is 0 Å².